The van der Waals surface area contributed by atoms with Crippen molar-refractivity contribution in [2.45, 2.75) is 25.1 Å². The molecule has 0 saturated carbocycles. The number of nitrogens with one attached hydrogen (secondary N) is 1. The van der Waals surface area contributed by atoms with Crippen molar-refractivity contribution in [3.05, 3.63) is 74.8 Å². The van der Waals surface area contributed by atoms with E-state index >= 15 is 0 Å². The Hall–Kier alpha value is -2.58. The molecule has 2 N–H and O–H groups in total. The maximum absolute atomic E-state index is 12.5. The van der Waals surface area contributed by atoms with E-state index in [-0.39, 0.29) is 22.4 Å². The van der Waals surface area contributed by atoms with Crippen molar-refractivity contribution in [3.63, 3.8) is 0 Å². The molecule has 174 valence electrons. The molecule has 34 heavy (non-hydrogen) atoms. The summed E-state index contributed by atoms with van der Waals surface area (Å²) in [4.78, 5) is 21.6. The average molecular weight is 531 g/mol. The summed E-state index contributed by atoms with van der Waals surface area (Å²) in [7, 11) is 0. The number of carbonyl (C=O) groups excluding carboxylic acids is 1. The number of aromatic nitrogens is 1. The van der Waals surface area contributed by atoms with Gasteiger partial charge in [0.2, 0.25) is 5.91 Å². The van der Waals surface area contributed by atoms with Crippen molar-refractivity contribution in [1.29, 1.82) is 0 Å². The second-order valence-electron chi connectivity index (χ2n) is 7.83. The van der Waals surface area contributed by atoms with Crippen LogP contribution in [-0.4, -0.2) is 28.0 Å². The molecule has 4 rings (SSSR count). The summed E-state index contributed by atoms with van der Waals surface area (Å²) >= 11 is 14.9. The van der Waals surface area contributed by atoms with Crippen molar-refractivity contribution in [1.82, 2.24) is 4.98 Å². The van der Waals surface area contributed by atoms with E-state index in [9.17, 15) is 9.90 Å². The van der Waals surface area contributed by atoms with Crippen molar-refractivity contribution < 1.29 is 9.90 Å². The summed E-state index contributed by atoms with van der Waals surface area (Å²) in [6.07, 6.45) is 1.52. The molecule has 0 fully saturated rings. The Labute approximate surface area is 215 Å². The molecule has 0 aliphatic carbocycles. The Morgan fingerprint density at radius 3 is 2.62 bits per heavy atom. The van der Waals surface area contributed by atoms with Crippen LogP contribution in [0.15, 0.2) is 51.8 Å². The van der Waals surface area contributed by atoms with Crippen LogP contribution in [0.5, 0.6) is 5.75 Å². The number of thioether (sulfide) groups is 1. The maximum Gasteiger partial charge on any atom is 0.234 e. The van der Waals surface area contributed by atoms with Crippen LogP contribution >= 0.6 is 46.3 Å². The molecule has 0 unspecified atom stereocenters. The van der Waals surface area contributed by atoms with Crippen molar-refractivity contribution in [3.8, 4) is 5.75 Å². The minimum absolute atomic E-state index is 0.0652. The highest BCUT2D eigenvalue weighted by molar-refractivity contribution is 8.01. The summed E-state index contributed by atoms with van der Waals surface area (Å²) < 4.78 is 1.76. The third kappa shape index (κ3) is 5.73. The lowest BCUT2D eigenvalue weighted by atomic mass is 10.1. The topological polar surface area (TPSA) is 74.6 Å². The number of benzene rings is 3. The van der Waals surface area contributed by atoms with Crippen molar-refractivity contribution in [2.24, 2.45) is 4.99 Å². The van der Waals surface area contributed by atoms with E-state index in [4.69, 9.17) is 23.2 Å². The fourth-order valence-electron chi connectivity index (χ4n) is 3.54. The lowest BCUT2D eigenvalue weighted by Crippen LogP contribution is -2.15. The first-order chi connectivity index (χ1) is 16.2. The number of hydrogen-bond donors (Lipinski definition) is 2. The molecular weight excluding hydrogens is 509 g/mol. The minimum Gasteiger partial charge on any atom is -0.506 e. The number of thiazole rings is 1. The smallest absolute Gasteiger partial charge is 0.234 e. The number of aliphatic imine (C=N–C) groups is 1. The van der Waals surface area contributed by atoms with E-state index in [1.54, 1.807) is 6.07 Å². The number of anilines is 1. The summed E-state index contributed by atoms with van der Waals surface area (Å²) in [5, 5.41) is 13.7. The van der Waals surface area contributed by atoms with Crippen LogP contribution < -0.4 is 5.32 Å². The van der Waals surface area contributed by atoms with E-state index in [1.165, 1.54) is 40.9 Å². The number of carbonyl (C=O) groups is 1. The van der Waals surface area contributed by atoms with Gasteiger partial charge in [0.25, 0.3) is 0 Å². The Bertz CT molecular complexity index is 1410. The maximum atomic E-state index is 12.5. The molecule has 0 aliphatic rings. The largest absolute Gasteiger partial charge is 0.506 e. The summed E-state index contributed by atoms with van der Waals surface area (Å²) in [6.45, 7) is 6.04. The Morgan fingerprint density at radius 2 is 1.88 bits per heavy atom. The van der Waals surface area contributed by atoms with Crippen LogP contribution in [0.1, 0.15) is 22.3 Å². The van der Waals surface area contributed by atoms with E-state index < -0.39 is 0 Å². The second kappa shape index (κ2) is 10.4. The molecule has 0 atom stereocenters. The van der Waals surface area contributed by atoms with Crippen LogP contribution in [0.2, 0.25) is 10.0 Å². The Balaban J connectivity index is 1.44. The minimum atomic E-state index is -0.0679. The molecule has 3 aromatic carbocycles. The lowest BCUT2D eigenvalue weighted by Gasteiger charge is -2.12. The molecular formula is C25H21Cl2N3O2S2. The first kappa shape index (κ1) is 24.5. The van der Waals surface area contributed by atoms with Crippen molar-refractivity contribution >= 4 is 80.0 Å². The van der Waals surface area contributed by atoms with Crippen LogP contribution in [0, 0.1) is 20.8 Å². The summed E-state index contributed by atoms with van der Waals surface area (Å²) in [6, 6.07) is 12.8. The first-order valence-electron chi connectivity index (χ1n) is 10.3. The van der Waals surface area contributed by atoms with Crippen LogP contribution in [-0.2, 0) is 4.79 Å². The molecule has 0 radical (unpaired) electrons. The predicted molar refractivity (Wildman–Crippen MR) is 145 cm³/mol. The molecule has 1 amide bonds. The second-order valence-corrected chi connectivity index (χ2v) is 10.9. The third-order valence-electron chi connectivity index (χ3n) is 5.03. The zero-order chi connectivity index (χ0) is 24.4. The molecule has 5 nitrogen and oxygen atoms in total. The van der Waals surface area contributed by atoms with Gasteiger partial charge in [0.15, 0.2) is 4.34 Å². The SMILES string of the molecule is Cc1cc(C)c(NC(=O)CSc2nc3ccc(N=Cc4cc(Cl)cc(Cl)c4O)cc3s2)c(C)c1. The molecule has 4 aromatic rings. The monoisotopic (exact) mass is 529 g/mol. The number of phenolic OH excluding ortho intramolecular Hbond substituents is 1. The van der Waals surface area contributed by atoms with E-state index in [2.05, 4.69) is 27.4 Å². The number of amides is 1. The van der Waals surface area contributed by atoms with Crippen LogP contribution in [0.25, 0.3) is 10.2 Å². The van der Waals surface area contributed by atoms with Gasteiger partial charge in [-0.05, 0) is 62.2 Å². The van der Waals surface area contributed by atoms with Crippen LogP contribution in [0.3, 0.4) is 0 Å². The number of halogens is 2. The number of rotatable bonds is 6. The van der Waals surface area contributed by atoms with Gasteiger partial charge < -0.3 is 10.4 Å². The van der Waals surface area contributed by atoms with E-state index in [1.807, 2.05) is 39.0 Å². The number of fused-ring (bicyclic) bond motifs is 1. The van der Waals surface area contributed by atoms with Crippen LogP contribution in [0.4, 0.5) is 11.4 Å². The molecule has 0 bridgehead atoms. The molecule has 1 heterocycles. The fourth-order valence-corrected chi connectivity index (χ4v) is 5.95. The number of nitrogens with zero attached hydrogens (tertiary/aromatic N) is 2. The lowest BCUT2D eigenvalue weighted by molar-refractivity contribution is -0.113. The van der Waals surface area contributed by atoms with E-state index in [0.29, 0.717) is 16.3 Å². The molecule has 0 spiro atoms. The van der Waals surface area contributed by atoms with E-state index in [0.717, 1.165) is 31.4 Å². The zero-order valence-electron chi connectivity index (χ0n) is 18.6. The molecule has 9 heteroatoms. The van der Waals surface area contributed by atoms with Gasteiger partial charge in [-0.25, -0.2) is 4.98 Å². The Morgan fingerprint density at radius 1 is 1.15 bits per heavy atom. The zero-order valence-corrected chi connectivity index (χ0v) is 21.8. The molecule has 0 saturated heterocycles. The summed E-state index contributed by atoms with van der Waals surface area (Å²) in [5.41, 5.74) is 6.12. The predicted octanol–water partition coefficient (Wildman–Crippen LogP) is 7.72. The first-order valence-corrected chi connectivity index (χ1v) is 12.9. The highest BCUT2D eigenvalue weighted by atomic mass is 35.5. The van der Waals surface area contributed by atoms with Gasteiger partial charge in [-0.15, -0.1) is 11.3 Å². The normalized spacial score (nSPS) is 11.4. The Kier molecular flexibility index (Phi) is 7.48. The van der Waals surface area contributed by atoms with Gasteiger partial charge >= 0.3 is 0 Å². The standard InChI is InChI=1S/C25H21Cl2N3O2S2/c1-13-6-14(2)23(15(3)7-13)30-22(31)12-33-25-29-20-5-4-18(10-21(20)34-25)28-11-16-8-17(26)9-19(27)24(16)32/h4-11,32H,12H2,1-3H3,(H,30,31). The van der Waals surface area contributed by atoms with Gasteiger partial charge in [-0.2, -0.15) is 0 Å². The van der Waals surface area contributed by atoms with Gasteiger partial charge in [-0.1, -0.05) is 52.7 Å². The number of hydrogen-bond acceptors (Lipinski definition) is 6. The highest BCUT2D eigenvalue weighted by Gasteiger charge is 2.12. The fraction of sp³-hybridized carbons (Fsp3) is 0.160. The number of aryl methyl sites for hydroxylation is 3. The average Bonchev–Trinajstić information content (AvgIpc) is 3.18. The number of phenols is 1. The van der Waals surface area contributed by atoms with Crippen molar-refractivity contribution in [2.75, 3.05) is 11.1 Å². The summed E-state index contributed by atoms with van der Waals surface area (Å²) in [5.74, 6) is 0.137. The highest BCUT2D eigenvalue weighted by Crippen LogP contribution is 2.33. The van der Waals surface area contributed by atoms with Gasteiger partial charge in [0.05, 0.1) is 26.7 Å². The molecule has 0 aliphatic heterocycles. The van der Waals surface area contributed by atoms with Gasteiger partial charge in [0, 0.05) is 22.5 Å². The third-order valence-corrected chi connectivity index (χ3v) is 7.70. The van der Waals surface area contributed by atoms with Gasteiger partial charge in [0.1, 0.15) is 5.75 Å². The number of aromatic hydroxyl groups is 1. The van der Waals surface area contributed by atoms with Gasteiger partial charge in [-0.3, -0.25) is 9.79 Å². The molecule has 1 aromatic heterocycles. The quantitative estimate of drug-likeness (QED) is 0.198.